The fourth-order valence-electron chi connectivity index (χ4n) is 3.81. The second kappa shape index (κ2) is 10.4. The molecule has 0 spiro atoms. The summed E-state index contributed by atoms with van der Waals surface area (Å²) in [4.78, 5) is 46.4. The Kier molecular flexibility index (Phi) is 7.43. The molecule has 1 atom stereocenters. The maximum atomic E-state index is 12.5. The SMILES string of the molecule is NC(=O)CNC(=O)C(CCCC(=O)O)NC(=O)OCC1c2ccccc2-c2ccccc21. The lowest BCUT2D eigenvalue weighted by Crippen LogP contribution is -2.48. The number of aliphatic carboxylic acids is 1. The number of rotatable bonds is 10. The zero-order valence-corrected chi connectivity index (χ0v) is 17.4. The van der Waals surface area contributed by atoms with Gasteiger partial charge in [-0.2, -0.15) is 0 Å². The van der Waals surface area contributed by atoms with Crippen LogP contribution >= 0.6 is 0 Å². The molecule has 2 aromatic carbocycles. The lowest BCUT2D eigenvalue weighted by molar-refractivity contribution is -0.137. The van der Waals surface area contributed by atoms with Crippen molar-refractivity contribution in [2.75, 3.05) is 13.2 Å². The molecular formula is C23H25N3O6. The lowest BCUT2D eigenvalue weighted by atomic mass is 9.98. The van der Waals surface area contributed by atoms with Crippen molar-refractivity contribution in [3.05, 3.63) is 59.7 Å². The van der Waals surface area contributed by atoms with Crippen molar-refractivity contribution < 1.29 is 29.0 Å². The number of fused-ring (bicyclic) bond motifs is 3. The highest BCUT2D eigenvalue weighted by Crippen LogP contribution is 2.44. The highest BCUT2D eigenvalue weighted by Gasteiger charge is 2.29. The van der Waals surface area contributed by atoms with Gasteiger partial charge in [0.1, 0.15) is 12.6 Å². The number of carboxylic acid groups (broad SMARTS) is 1. The summed E-state index contributed by atoms with van der Waals surface area (Å²) >= 11 is 0. The zero-order valence-electron chi connectivity index (χ0n) is 17.4. The largest absolute Gasteiger partial charge is 0.481 e. The van der Waals surface area contributed by atoms with Gasteiger partial charge < -0.3 is 26.2 Å². The number of alkyl carbamates (subject to hydrolysis) is 1. The molecule has 0 heterocycles. The van der Waals surface area contributed by atoms with E-state index >= 15 is 0 Å². The predicted octanol–water partition coefficient (Wildman–Crippen LogP) is 1.75. The topological polar surface area (TPSA) is 148 Å². The number of hydrogen-bond donors (Lipinski definition) is 4. The van der Waals surface area contributed by atoms with E-state index in [-0.39, 0.29) is 38.3 Å². The summed E-state index contributed by atoms with van der Waals surface area (Å²) in [5.74, 6) is -2.52. The van der Waals surface area contributed by atoms with Crippen LogP contribution < -0.4 is 16.4 Å². The first-order chi connectivity index (χ1) is 15.4. The predicted molar refractivity (Wildman–Crippen MR) is 116 cm³/mol. The summed E-state index contributed by atoms with van der Waals surface area (Å²) in [6.45, 7) is -0.314. The minimum absolute atomic E-state index is 0.0705. The van der Waals surface area contributed by atoms with Gasteiger partial charge in [0.25, 0.3) is 0 Å². The Labute approximate surface area is 184 Å². The number of benzene rings is 2. The summed E-state index contributed by atoms with van der Waals surface area (Å²) in [6.07, 6.45) is -0.734. The van der Waals surface area contributed by atoms with Crippen LogP contribution in [0.2, 0.25) is 0 Å². The fraction of sp³-hybridized carbons (Fsp3) is 0.304. The summed E-state index contributed by atoms with van der Waals surface area (Å²) in [7, 11) is 0. The molecule has 0 fully saturated rings. The summed E-state index contributed by atoms with van der Waals surface area (Å²) in [6, 6.07) is 14.8. The zero-order chi connectivity index (χ0) is 23.1. The number of primary amides is 1. The van der Waals surface area contributed by atoms with Gasteiger partial charge in [0.05, 0.1) is 6.54 Å². The van der Waals surface area contributed by atoms with Crippen LogP contribution in [-0.2, 0) is 19.1 Å². The third-order valence-electron chi connectivity index (χ3n) is 5.27. The molecule has 0 radical (unpaired) electrons. The van der Waals surface area contributed by atoms with E-state index in [1.54, 1.807) is 0 Å². The quantitative estimate of drug-likeness (QED) is 0.443. The smallest absolute Gasteiger partial charge is 0.407 e. The van der Waals surface area contributed by atoms with Gasteiger partial charge in [0.2, 0.25) is 11.8 Å². The van der Waals surface area contributed by atoms with Crippen LogP contribution in [0.1, 0.15) is 36.3 Å². The van der Waals surface area contributed by atoms with Gasteiger partial charge in [0.15, 0.2) is 0 Å². The molecule has 3 amide bonds. The maximum absolute atomic E-state index is 12.5. The molecule has 0 bridgehead atoms. The molecule has 0 aromatic heterocycles. The molecular weight excluding hydrogens is 414 g/mol. The van der Waals surface area contributed by atoms with Crippen LogP contribution in [0.3, 0.4) is 0 Å². The lowest BCUT2D eigenvalue weighted by Gasteiger charge is -2.19. The Morgan fingerprint density at radius 1 is 1.00 bits per heavy atom. The van der Waals surface area contributed by atoms with Crippen molar-refractivity contribution in [1.82, 2.24) is 10.6 Å². The monoisotopic (exact) mass is 439 g/mol. The number of amides is 3. The Balaban J connectivity index is 1.63. The third kappa shape index (κ3) is 5.63. The first-order valence-electron chi connectivity index (χ1n) is 10.3. The summed E-state index contributed by atoms with van der Waals surface area (Å²) in [5, 5.41) is 13.6. The van der Waals surface area contributed by atoms with E-state index in [0.29, 0.717) is 0 Å². The van der Waals surface area contributed by atoms with Crippen LogP contribution in [0.15, 0.2) is 48.5 Å². The van der Waals surface area contributed by atoms with Gasteiger partial charge in [-0.1, -0.05) is 48.5 Å². The van der Waals surface area contributed by atoms with E-state index in [1.165, 1.54) is 0 Å². The molecule has 0 aliphatic heterocycles. The van der Waals surface area contributed by atoms with Crippen LogP contribution in [-0.4, -0.2) is 48.2 Å². The first kappa shape index (κ1) is 22.8. The van der Waals surface area contributed by atoms with E-state index in [9.17, 15) is 19.2 Å². The minimum Gasteiger partial charge on any atom is -0.481 e. The van der Waals surface area contributed by atoms with Crippen LogP contribution in [0.5, 0.6) is 0 Å². The number of hydrogen-bond acceptors (Lipinski definition) is 5. The highest BCUT2D eigenvalue weighted by atomic mass is 16.5. The molecule has 3 rings (SSSR count). The van der Waals surface area contributed by atoms with Crippen LogP contribution in [0.25, 0.3) is 11.1 Å². The fourth-order valence-corrected chi connectivity index (χ4v) is 3.81. The summed E-state index contributed by atoms with van der Waals surface area (Å²) < 4.78 is 5.44. The summed E-state index contributed by atoms with van der Waals surface area (Å²) in [5.41, 5.74) is 9.33. The van der Waals surface area contributed by atoms with E-state index in [1.807, 2.05) is 48.5 Å². The molecule has 9 heteroatoms. The second-order valence-electron chi connectivity index (χ2n) is 7.49. The van der Waals surface area contributed by atoms with Gasteiger partial charge in [-0.25, -0.2) is 4.79 Å². The molecule has 0 saturated carbocycles. The van der Waals surface area contributed by atoms with E-state index < -0.39 is 29.9 Å². The number of carbonyl (C=O) groups is 4. The molecule has 9 nitrogen and oxygen atoms in total. The molecule has 2 aromatic rings. The molecule has 168 valence electrons. The van der Waals surface area contributed by atoms with E-state index in [4.69, 9.17) is 15.6 Å². The molecule has 32 heavy (non-hydrogen) atoms. The Bertz CT molecular complexity index is 977. The van der Waals surface area contributed by atoms with Crippen molar-refractivity contribution in [3.8, 4) is 11.1 Å². The van der Waals surface area contributed by atoms with Gasteiger partial charge in [0, 0.05) is 12.3 Å². The molecule has 1 aliphatic rings. The minimum atomic E-state index is -1.05. The number of carboxylic acids is 1. The van der Waals surface area contributed by atoms with Gasteiger partial charge >= 0.3 is 12.1 Å². The average Bonchev–Trinajstić information content (AvgIpc) is 3.09. The van der Waals surface area contributed by atoms with E-state index in [2.05, 4.69) is 10.6 Å². The average molecular weight is 439 g/mol. The highest BCUT2D eigenvalue weighted by molar-refractivity contribution is 5.89. The normalized spacial score (nSPS) is 12.9. The second-order valence-corrected chi connectivity index (χ2v) is 7.49. The van der Waals surface area contributed by atoms with Crippen molar-refractivity contribution >= 4 is 23.9 Å². The molecule has 5 N–H and O–H groups in total. The Hall–Kier alpha value is -3.88. The number of carbonyl (C=O) groups excluding carboxylic acids is 3. The molecule has 1 unspecified atom stereocenters. The Morgan fingerprint density at radius 3 is 2.16 bits per heavy atom. The van der Waals surface area contributed by atoms with Crippen molar-refractivity contribution in [3.63, 3.8) is 0 Å². The number of nitrogens with one attached hydrogen (secondary N) is 2. The van der Waals surface area contributed by atoms with Gasteiger partial charge in [-0.05, 0) is 35.1 Å². The Morgan fingerprint density at radius 2 is 1.59 bits per heavy atom. The van der Waals surface area contributed by atoms with Crippen molar-refractivity contribution in [2.24, 2.45) is 5.73 Å². The number of ether oxygens (including phenoxy) is 1. The van der Waals surface area contributed by atoms with Crippen LogP contribution in [0, 0.1) is 0 Å². The molecule has 0 saturated heterocycles. The van der Waals surface area contributed by atoms with Crippen molar-refractivity contribution in [2.45, 2.75) is 31.2 Å². The van der Waals surface area contributed by atoms with E-state index in [0.717, 1.165) is 22.3 Å². The number of nitrogens with two attached hydrogens (primary N) is 1. The van der Waals surface area contributed by atoms with Gasteiger partial charge in [-0.15, -0.1) is 0 Å². The van der Waals surface area contributed by atoms with Crippen LogP contribution in [0.4, 0.5) is 4.79 Å². The maximum Gasteiger partial charge on any atom is 0.407 e. The van der Waals surface area contributed by atoms with Crippen molar-refractivity contribution in [1.29, 1.82) is 0 Å². The standard InChI is InChI=1S/C23H25N3O6/c24-20(27)12-25-22(30)19(10-5-11-21(28)29)26-23(31)32-13-18-16-8-3-1-6-14(16)15-7-2-4-9-17(15)18/h1-4,6-9,18-19H,5,10-13H2,(H2,24,27)(H,25,30)(H,26,31)(H,28,29). The van der Waals surface area contributed by atoms with Gasteiger partial charge in [-0.3, -0.25) is 14.4 Å². The molecule has 1 aliphatic carbocycles. The first-order valence-corrected chi connectivity index (χ1v) is 10.3. The third-order valence-corrected chi connectivity index (χ3v) is 5.27.